The van der Waals surface area contributed by atoms with Crippen LogP contribution in [0.4, 0.5) is 0 Å². The van der Waals surface area contributed by atoms with Crippen LogP contribution in [0.25, 0.3) is 0 Å². The summed E-state index contributed by atoms with van der Waals surface area (Å²) in [6.07, 6.45) is 6.21. The molecule has 0 amide bonds. The van der Waals surface area contributed by atoms with Crippen LogP contribution in [-0.2, 0) is 13.0 Å². The number of hydrogen-bond acceptors (Lipinski definition) is 3. The highest BCUT2D eigenvalue weighted by Gasteiger charge is 2.54. The molecule has 4 nitrogen and oxygen atoms in total. The summed E-state index contributed by atoms with van der Waals surface area (Å²) in [7, 11) is 0. The van der Waals surface area contributed by atoms with Crippen molar-refractivity contribution in [2.24, 2.45) is 11.3 Å². The first kappa shape index (κ1) is 17.7. The van der Waals surface area contributed by atoms with Gasteiger partial charge in [0.15, 0.2) is 0 Å². The first-order valence-corrected chi connectivity index (χ1v) is 8.60. The van der Waals surface area contributed by atoms with Crippen LogP contribution in [0.2, 0.25) is 0 Å². The van der Waals surface area contributed by atoms with E-state index in [9.17, 15) is 5.11 Å². The molecule has 126 valence electrons. The minimum Gasteiger partial charge on any atom is -0.387 e. The van der Waals surface area contributed by atoms with Crippen LogP contribution < -0.4 is 0 Å². The summed E-state index contributed by atoms with van der Waals surface area (Å²) in [6, 6.07) is 10.4. The van der Waals surface area contributed by atoms with Gasteiger partial charge in [-0.1, -0.05) is 58.0 Å². The molecule has 0 saturated heterocycles. The Hall–Kier alpha value is -1.68. The van der Waals surface area contributed by atoms with E-state index in [1.165, 1.54) is 11.9 Å². The predicted molar refractivity (Wildman–Crippen MR) is 93.0 cm³/mol. The van der Waals surface area contributed by atoms with Crippen molar-refractivity contribution in [3.63, 3.8) is 0 Å². The summed E-state index contributed by atoms with van der Waals surface area (Å²) in [5.41, 5.74) is 0.423. The second-order valence-corrected chi connectivity index (χ2v) is 6.83. The molecule has 1 N–H and O–H groups in total. The zero-order valence-corrected chi connectivity index (χ0v) is 14.7. The Morgan fingerprint density at radius 1 is 1.22 bits per heavy atom. The average Bonchev–Trinajstić information content (AvgIpc) is 3.13. The van der Waals surface area contributed by atoms with E-state index in [0.717, 1.165) is 19.3 Å². The molecule has 0 radical (unpaired) electrons. The van der Waals surface area contributed by atoms with Crippen LogP contribution in [-0.4, -0.2) is 25.5 Å². The molecular formula is C19H29N3O. The lowest BCUT2D eigenvalue weighted by molar-refractivity contribution is -0.0907. The van der Waals surface area contributed by atoms with Gasteiger partial charge < -0.3 is 5.11 Å². The molecule has 0 spiro atoms. The molecule has 1 aromatic carbocycles. The Bertz CT molecular complexity index is 580. The lowest BCUT2D eigenvalue weighted by Crippen LogP contribution is -2.49. The van der Waals surface area contributed by atoms with E-state index >= 15 is 0 Å². The van der Waals surface area contributed by atoms with Gasteiger partial charge in [-0.2, -0.15) is 5.10 Å². The van der Waals surface area contributed by atoms with E-state index in [4.69, 9.17) is 0 Å². The van der Waals surface area contributed by atoms with Crippen LogP contribution in [0.15, 0.2) is 43.0 Å². The van der Waals surface area contributed by atoms with Crippen LogP contribution in [0, 0.1) is 11.3 Å². The molecule has 2 atom stereocenters. The van der Waals surface area contributed by atoms with Gasteiger partial charge in [0.05, 0.1) is 12.1 Å². The van der Waals surface area contributed by atoms with Gasteiger partial charge >= 0.3 is 0 Å². The zero-order valence-electron chi connectivity index (χ0n) is 14.7. The SMILES string of the molecule is CC.CC1(C)CCC(Cc2ccccc2)C1(O)Cn1cncn1. The molecule has 0 aliphatic heterocycles. The highest BCUT2D eigenvalue weighted by atomic mass is 16.3. The van der Waals surface area contributed by atoms with Crippen LogP contribution >= 0.6 is 0 Å². The monoisotopic (exact) mass is 315 g/mol. The van der Waals surface area contributed by atoms with E-state index in [0.29, 0.717) is 6.54 Å². The van der Waals surface area contributed by atoms with Crippen LogP contribution in [0.5, 0.6) is 0 Å². The highest BCUT2D eigenvalue weighted by Crippen LogP contribution is 2.51. The standard InChI is InChI=1S/C17H23N3O.C2H6/c1-16(2)9-8-15(10-14-6-4-3-5-7-14)17(16,21)11-20-13-18-12-19-20;1-2/h3-7,12-13,15,21H,8-11H2,1-2H3;1-2H3. The largest absolute Gasteiger partial charge is 0.387 e. The summed E-state index contributed by atoms with van der Waals surface area (Å²) in [5, 5.41) is 15.6. The normalized spacial score (nSPS) is 25.7. The number of hydrogen-bond donors (Lipinski definition) is 1. The Kier molecular flexibility index (Phi) is 5.58. The molecule has 1 aliphatic carbocycles. The number of aromatic nitrogens is 3. The molecule has 0 bridgehead atoms. The second kappa shape index (κ2) is 7.26. The molecule has 2 unspecified atom stereocenters. The molecule has 3 rings (SSSR count). The third-order valence-corrected chi connectivity index (χ3v) is 5.16. The Morgan fingerprint density at radius 3 is 2.52 bits per heavy atom. The highest BCUT2D eigenvalue weighted by molar-refractivity contribution is 5.18. The van der Waals surface area contributed by atoms with Gasteiger partial charge in [-0.05, 0) is 36.2 Å². The minimum atomic E-state index is -0.753. The van der Waals surface area contributed by atoms with E-state index in [1.807, 2.05) is 19.9 Å². The molecule has 1 aromatic heterocycles. The van der Waals surface area contributed by atoms with Gasteiger partial charge in [0.25, 0.3) is 0 Å². The van der Waals surface area contributed by atoms with Crippen LogP contribution in [0.1, 0.15) is 46.1 Å². The lowest BCUT2D eigenvalue weighted by atomic mass is 9.72. The van der Waals surface area contributed by atoms with Crippen molar-refractivity contribution in [2.75, 3.05) is 0 Å². The fourth-order valence-electron chi connectivity index (χ4n) is 3.62. The van der Waals surface area contributed by atoms with Crippen LogP contribution in [0.3, 0.4) is 0 Å². The lowest BCUT2D eigenvalue weighted by Gasteiger charge is -2.40. The quantitative estimate of drug-likeness (QED) is 0.935. The van der Waals surface area contributed by atoms with E-state index < -0.39 is 5.60 Å². The molecular weight excluding hydrogens is 286 g/mol. The summed E-state index contributed by atoms with van der Waals surface area (Å²) >= 11 is 0. The van der Waals surface area contributed by atoms with Gasteiger partial charge in [-0.25, -0.2) is 4.98 Å². The number of rotatable bonds is 4. The summed E-state index contributed by atoms with van der Waals surface area (Å²) < 4.78 is 1.76. The third kappa shape index (κ3) is 3.63. The first-order chi connectivity index (χ1) is 11.0. The minimum absolute atomic E-state index is 0.113. The summed E-state index contributed by atoms with van der Waals surface area (Å²) in [5.74, 6) is 0.249. The molecule has 2 aromatic rings. The summed E-state index contributed by atoms with van der Waals surface area (Å²) in [4.78, 5) is 3.99. The number of aliphatic hydroxyl groups is 1. The maximum absolute atomic E-state index is 11.4. The molecule has 1 fully saturated rings. The fourth-order valence-corrected chi connectivity index (χ4v) is 3.62. The fraction of sp³-hybridized carbons (Fsp3) is 0.579. The van der Waals surface area contributed by atoms with Crippen molar-refractivity contribution in [2.45, 2.75) is 59.1 Å². The summed E-state index contributed by atoms with van der Waals surface area (Å²) in [6.45, 7) is 8.83. The van der Waals surface area contributed by atoms with Crippen molar-refractivity contribution in [3.05, 3.63) is 48.5 Å². The van der Waals surface area contributed by atoms with Gasteiger partial charge in [0, 0.05) is 0 Å². The molecule has 4 heteroatoms. The first-order valence-electron chi connectivity index (χ1n) is 8.60. The zero-order chi connectivity index (χ0) is 16.9. The molecule has 1 heterocycles. The predicted octanol–water partition coefficient (Wildman–Crippen LogP) is 3.71. The van der Waals surface area contributed by atoms with Gasteiger partial charge in [0.1, 0.15) is 12.7 Å². The van der Waals surface area contributed by atoms with Crippen molar-refractivity contribution in [3.8, 4) is 0 Å². The van der Waals surface area contributed by atoms with Crippen molar-refractivity contribution < 1.29 is 5.11 Å². The number of nitrogens with zero attached hydrogens (tertiary/aromatic N) is 3. The van der Waals surface area contributed by atoms with E-state index in [-0.39, 0.29) is 11.3 Å². The van der Waals surface area contributed by atoms with Gasteiger partial charge in [-0.3, -0.25) is 4.68 Å². The second-order valence-electron chi connectivity index (χ2n) is 6.83. The van der Waals surface area contributed by atoms with Gasteiger partial charge in [-0.15, -0.1) is 0 Å². The Morgan fingerprint density at radius 2 is 1.91 bits per heavy atom. The average molecular weight is 315 g/mol. The maximum atomic E-state index is 11.4. The van der Waals surface area contributed by atoms with Crippen molar-refractivity contribution in [1.29, 1.82) is 0 Å². The Labute approximate surface area is 139 Å². The maximum Gasteiger partial charge on any atom is 0.137 e. The topological polar surface area (TPSA) is 50.9 Å². The molecule has 1 aliphatic rings. The van der Waals surface area contributed by atoms with Crippen molar-refractivity contribution >= 4 is 0 Å². The smallest absolute Gasteiger partial charge is 0.137 e. The number of benzene rings is 1. The Balaban J connectivity index is 0.000000924. The van der Waals surface area contributed by atoms with Crippen molar-refractivity contribution in [1.82, 2.24) is 14.8 Å². The van der Waals surface area contributed by atoms with E-state index in [1.54, 1.807) is 11.0 Å². The van der Waals surface area contributed by atoms with E-state index in [2.05, 4.69) is 48.2 Å². The van der Waals surface area contributed by atoms with Gasteiger partial charge in [0.2, 0.25) is 0 Å². The molecule has 1 saturated carbocycles. The molecule has 23 heavy (non-hydrogen) atoms. The third-order valence-electron chi connectivity index (χ3n) is 5.16.